The summed E-state index contributed by atoms with van der Waals surface area (Å²) in [5.74, 6) is 0. The monoisotopic (exact) mass is 227 g/mol. The van der Waals surface area contributed by atoms with Crippen LogP contribution in [0.2, 0.25) is 0 Å². The summed E-state index contributed by atoms with van der Waals surface area (Å²) in [5.41, 5.74) is 0.138. The van der Waals surface area contributed by atoms with Gasteiger partial charge in [0.1, 0.15) is 0 Å². The van der Waals surface area contributed by atoms with Gasteiger partial charge in [-0.2, -0.15) is 0 Å². The molecule has 0 spiro atoms. The molecule has 16 heavy (non-hydrogen) atoms. The lowest BCUT2D eigenvalue weighted by atomic mass is 9.87. The Balaban J connectivity index is 2.25. The van der Waals surface area contributed by atoms with Crippen LogP contribution in [-0.2, 0) is 4.74 Å². The minimum atomic E-state index is 0.138. The number of rotatable bonds is 7. The van der Waals surface area contributed by atoms with Crippen LogP contribution < -0.4 is 5.32 Å². The van der Waals surface area contributed by atoms with Crippen LogP contribution in [-0.4, -0.2) is 24.8 Å². The average molecular weight is 227 g/mol. The van der Waals surface area contributed by atoms with E-state index in [0.29, 0.717) is 6.04 Å². The molecular formula is C14H29NO. The van der Waals surface area contributed by atoms with Crippen LogP contribution >= 0.6 is 0 Å². The highest BCUT2D eigenvalue weighted by molar-refractivity contribution is 4.86. The maximum atomic E-state index is 5.98. The summed E-state index contributed by atoms with van der Waals surface area (Å²) in [7, 11) is 0. The van der Waals surface area contributed by atoms with Gasteiger partial charge >= 0.3 is 0 Å². The fourth-order valence-corrected chi connectivity index (χ4v) is 2.69. The maximum absolute atomic E-state index is 5.98. The first-order chi connectivity index (χ1) is 7.70. The van der Waals surface area contributed by atoms with Crippen molar-refractivity contribution in [1.29, 1.82) is 0 Å². The summed E-state index contributed by atoms with van der Waals surface area (Å²) < 4.78 is 5.98. The van der Waals surface area contributed by atoms with Crippen molar-refractivity contribution in [3.8, 4) is 0 Å². The molecule has 2 atom stereocenters. The van der Waals surface area contributed by atoms with Gasteiger partial charge < -0.3 is 10.1 Å². The second kappa shape index (κ2) is 7.29. The zero-order valence-corrected chi connectivity index (χ0v) is 11.3. The van der Waals surface area contributed by atoms with Crippen LogP contribution in [0.3, 0.4) is 0 Å². The standard InChI is InChI=1S/C14H29NO/c1-4-6-7-8-10-14(3)12-13(15-5-2)9-11-16-14/h13,15H,4-12H2,1-3H3. The van der Waals surface area contributed by atoms with Crippen molar-refractivity contribution >= 4 is 0 Å². The molecule has 0 radical (unpaired) electrons. The molecule has 0 saturated carbocycles. The van der Waals surface area contributed by atoms with Crippen LogP contribution in [0.5, 0.6) is 0 Å². The third-order valence-electron chi connectivity index (χ3n) is 3.65. The van der Waals surface area contributed by atoms with Gasteiger partial charge in [0, 0.05) is 12.6 Å². The van der Waals surface area contributed by atoms with Gasteiger partial charge in [-0.1, -0.05) is 39.5 Å². The van der Waals surface area contributed by atoms with E-state index in [1.165, 1.54) is 44.9 Å². The Morgan fingerprint density at radius 3 is 2.75 bits per heavy atom. The second-order valence-corrected chi connectivity index (χ2v) is 5.36. The van der Waals surface area contributed by atoms with E-state index in [-0.39, 0.29) is 5.60 Å². The molecule has 0 aromatic rings. The van der Waals surface area contributed by atoms with E-state index >= 15 is 0 Å². The van der Waals surface area contributed by atoms with Gasteiger partial charge in [0.2, 0.25) is 0 Å². The van der Waals surface area contributed by atoms with Crippen LogP contribution in [0, 0.1) is 0 Å². The van der Waals surface area contributed by atoms with E-state index in [1.807, 2.05) is 0 Å². The van der Waals surface area contributed by atoms with E-state index in [9.17, 15) is 0 Å². The quantitative estimate of drug-likeness (QED) is 0.672. The van der Waals surface area contributed by atoms with Gasteiger partial charge in [-0.3, -0.25) is 0 Å². The molecular weight excluding hydrogens is 198 g/mol. The van der Waals surface area contributed by atoms with Gasteiger partial charge in [-0.25, -0.2) is 0 Å². The van der Waals surface area contributed by atoms with Gasteiger partial charge in [0.05, 0.1) is 5.60 Å². The number of ether oxygens (including phenoxy) is 1. The lowest BCUT2D eigenvalue weighted by Crippen LogP contribution is -2.45. The van der Waals surface area contributed by atoms with E-state index in [1.54, 1.807) is 0 Å². The predicted octanol–water partition coefficient (Wildman–Crippen LogP) is 3.50. The van der Waals surface area contributed by atoms with Gasteiger partial charge in [-0.15, -0.1) is 0 Å². The van der Waals surface area contributed by atoms with Crippen LogP contribution in [0.15, 0.2) is 0 Å². The zero-order chi connectivity index (χ0) is 11.9. The van der Waals surface area contributed by atoms with Gasteiger partial charge in [-0.05, 0) is 32.7 Å². The first-order valence-electron chi connectivity index (χ1n) is 7.07. The average Bonchev–Trinajstić information content (AvgIpc) is 2.25. The van der Waals surface area contributed by atoms with Crippen LogP contribution in [0.25, 0.3) is 0 Å². The summed E-state index contributed by atoms with van der Waals surface area (Å²) in [6.45, 7) is 8.76. The molecule has 0 aliphatic carbocycles. The number of unbranched alkanes of at least 4 members (excludes halogenated alkanes) is 3. The Hall–Kier alpha value is -0.0800. The lowest BCUT2D eigenvalue weighted by Gasteiger charge is -2.38. The third kappa shape index (κ3) is 4.84. The summed E-state index contributed by atoms with van der Waals surface area (Å²) in [6, 6.07) is 0.676. The molecule has 1 aliphatic heterocycles. The first-order valence-corrected chi connectivity index (χ1v) is 7.07. The van der Waals surface area contributed by atoms with Crippen molar-refractivity contribution in [3.63, 3.8) is 0 Å². The molecule has 1 aliphatic rings. The molecule has 1 N–H and O–H groups in total. The minimum absolute atomic E-state index is 0.138. The Morgan fingerprint density at radius 1 is 1.25 bits per heavy atom. The first kappa shape index (κ1) is 14.0. The number of nitrogens with one attached hydrogen (secondary N) is 1. The van der Waals surface area contributed by atoms with E-state index < -0.39 is 0 Å². The van der Waals surface area contributed by atoms with E-state index in [0.717, 1.165) is 13.2 Å². The minimum Gasteiger partial charge on any atom is -0.375 e. The Labute approximate surface area is 101 Å². The van der Waals surface area contributed by atoms with Crippen molar-refractivity contribution in [2.75, 3.05) is 13.2 Å². The Bertz CT molecular complexity index is 182. The predicted molar refractivity (Wildman–Crippen MR) is 69.8 cm³/mol. The second-order valence-electron chi connectivity index (χ2n) is 5.36. The van der Waals surface area contributed by atoms with Crippen molar-refractivity contribution in [2.24, 2.45) is 0 Å². The van der Waals surface area contributed by atoms with Crippen LogP contribution in [0.1, 0.15) is 65.7 Å². The SMILES string of the molecule is CCCCCCC1(C)CC(NCC)CCO1. The van der Waals surface area contributed by atoms with Crippen LogP contribution in [0.4, 0.5) is 0 Å². The molecule has 0 bridgehead atoms. The highest BCUT2D eigenvalue weighted by Crippen LogP contribution is 2.30. The Morgan fingerprint density at radius 2 is 2.06 bits per heavy atom. The highest BCUT2D eigenvalue weighted by atomic mass is 16.5. The smallest absolute Gasteiger partial charge is 0.0669 e. The molecule has 2 nitrogen and oxygen atoms in total. The molecule has 1 heterocycles. The molecule has 1 fully saturated rings. The van der Waals surface area contributed by atoms with Crippen molar-refractivity contribution in [2.45, 2.75) is 77.4 Å². The summed E-state index contributed by atoms with van der Waals surface area (Å²) in [6.07, 6.45) is 8.97. The number of hydrogen-bond acceptors (Lipinski definition) is 2. The Kier molecular flexibility index (Phi) is 6.37. The topological polar surface area (TPSA) is 21.3 Å². The molecule has 1 rings (SSSR count). The number of hydrogen-bond donors (Lipinski definition) is 1. The maximum Gasteiger partial charge on any atom is 0.0669 e. The van der Waals surface area contributed by atoms with E-state index in [4.69, 9.17) is 4.74 Å². The molecule has 0 amide bonds. The molecule has 2 heteroatoms. The molecule has 2 unspecified atom stereocenters. The third-order valence-corrected chi connectivity index (χ3v) is 3.65. The molecule has 1 saturated heterocycles. The van der Waals surface area contributed by atoms with Crippen molar-refractivity contribution in [3.05, 3.63) is 0 Å². The molecule has 96 valence electrons. The van der Waals surface area contributed by atoms with Crippen molar-refractivity contribution in [1.82, 2.24) is 5.32 Å². The summed E-state index contributed by atoms with van der Waals surface area (Å²) in [5, 5.41) is 3.56. The van der Waals surface area contributed by atoms with Gasteiger partial charge in [0.25, 0.3) is 0 Å². The lowest BCUT2D eigenvalue weighted by molar-refractivity contribution is -0.0817. The van der Waals surface area contributed by atoms with Gasteiger partial charge in [0.15, 0.2) is 0 Å². The normalized spacial score (nSPS) is 30.6. The zero-order valence-electron chi connectivity index (χ0n) is 11.3. The largest absolute Gasteiger partial charge is 0.375 e. The van der Waals surface area contributed by atoms with Crippen molar-refractivity contribution < 1.29 is 4.74 Å². The summed E-state index contributed by atoms with van der Waals surface area (Å²) >= 11 is 0. The molecule has 0 aromatic carbocycles. The van der Waals surface area contributed by atoms with E-state index in [2.05, 4.69) is 26.1 Å². The highest BCUT2D eigenvalue weighted by Gasteiger charge is 2.32. The fourth-order valence-electron chi connectivity index (χ4n) is 2.69. The summed E-state index contributed by atoms with van der Waals surface area (Å²) in [4.78, 5) is 0. The molecule has 0 aromatic heterocycles. The fraction of sp³-hybridized carbons (Fsp3) is 1.00.